The van der Waals surface area contributed by atoms with Gasteiger partial charge < -0.3 is 0 Å². The first-order valence-corrected chi connectivity index (χ1v) is 4.75. The van der Waals surface area contributed by atoms with Crippen LogP contribution < -0.4 is 0 Å². The third-order valence-corrected chi connectivity index (χ3v) is 1.50. The second-order valence-corrected chi connectivity index (χ2v) is 6.38. The molecule has 0 aromatic carbocycles. The summed E-state index contributed by atoms with van der Waals surface area (Å²) >= 11 is 11.8. The van der Waals surface area contributed by atoms with Crippen LogP contribution in [0, 0.1) is 0 Å². The van der Waals surface area contributed by atoms with Crippen LogP contribution in [0.25, 0.3) is 0 Å². The highest BCUT2D eigenvalue weighted by Crippen LogP contribution is 2.24. The summed E-state index contributed by atoms with van der Waals surface area (Å²) in [6, 6.07) is 0. The molecule has 0 aliphatic carbocycles. The predicted molar refractivity (Wildman–Crippen MR) is 54.1 cm³/mol. The quantitative estimate of drug-likeness (QED) is 0.651. The van der Waals surface area contributed by atoms with Crippen molar-refractivity contribution in [2.75, 3.05) is 0 Å². The second-order valence-electron chi connectivity index (χ2n) is 4.33. The number of hydrogen-bond donors (Lipinski definition) is 0. The summed E-state index contributed by atoms with van der Waals surface area (Å²) in [6.07, 6.45) is 0.759. The van der Waals surface area contributed by atoms with E-state index in [4.69, 9.17) is 23.2 Å². The van der Waals surface area contributed by atoms with Crippen LogP contribution in [-0.4, -0.2) is 15.5 Å². The van der Waals surface area contributed by atoms with Crippen LogP contribution in [-0.2, 0) is 4.79 Å². The maximum absolute atomic E-state index is 11.3. The van der Waals surface area contributed by atoms with E-state index < -0.39 is 9.75 Å². The van der Waals surface area contributed by atoms with Gasteiger partial charge in [-0.3, -0.25) is 4.79 Å². The minimum absolute atomic E-state index is 0.120. The zero-order valence-electron chi connectivity index (χ0n) is 8.08. The fraction of sp³-hybridized carbons (Fsp3) is 0.889. The van der Waals surface area contributed by atoms with E-state index in [9.17, 15) is 4.79 Å². The first-order chi connectivity index (χ1) is 5.10. The Hall–Kier alpha value is 0.250. The number of halogens is 2. The van der Waals surface area contributed by atoms with Crippen molar-refractivity contribution in [1.82, 2.24) is 0 Å². The molecule has 0 bridgehead atoms. The van der Waals surface area contributed by atoms with E-state index in [1.807, 2.05) is 27.7 Å². The molecule has 12 heavy (non-hydrogen) atoms. The number of carbonyl (C=O) groups is 1. The van der Waals surface area contributed by atoms with Crippen molar-refractivity contribution in [3.8, 4) is 0 Å². The normalized spacial score (nSPS) is 13.2. The molecule has 0 saturated heterocycles. The summed E-state index contributed by atoms with van der Waals surface area (Å²) in [4.78, 5) is 10.4. The fourth-order valence-electron chi connectivity index (χ4n) is 1.00. The second kappa shape index (κ2) is 3.97. The van der Waals surface area contributed by atoms with Crippen LogP contribution in [0.15, 0.2) is 0 Å². The molecule has 0 aromatic rings. The van der Waals surface area contributed by atoms with E-state index in [-0.39, 0.29) is 5.78 Å². The molecule has 0 fully saturated rings. The molecular formula is C9H16Cl2O. The number of Topliss-reactive ketones (excluding diaryl/α,β-unsaturated/α-hetero) is 1. The van der Waals surface area contributed by atoms with Gasteiger partial charge in [-0.05, 0) is 27.7 Å². The predicted octanol–water partition coefficient (Wildman–Crippen LogP) is 3.37. The van der Waals surface area contributed by atoms with Gasteiger partial charge in [-0.1, -0.05) is 0 Å². The lowest BCUT2D eigenvalue weighted by Gasteiger charge is -2.18. The third kappa shape index (κ3) is 8.35. The van der Waals surface area contributed by atoms with Gasteiger partial charge in [-0.2, -0.15) is 0 Å². The first-order valence-electron chi connectivity index (χ1n) is 4.00. The van der Waals surface area contributed by atoms with Gasteiger partial charge in [0.2, 0.25) is 0 Å². The van der Waals surface area contributed by atoms with E-state index in [2.05, 4.69) is 0 Å². The van der Waals surface area contributed by atoms with Gasteiger partial charge in [0.25, 0.3) is 0 Å². The Morgan fingerprint density at radius 2 is 1.25 bits per heavy atom. The molecule has 0 heterocycles. The van der Waals surface area contributed by atoms with Gasteiger partial charge in [0.1, 0.15) is 5.78 Å². The number of hydrogen-bond acceptors (Lipinski definition) is 1. The Morgan fingerprint density at radius 1 is 1.00 bits per heavy atom. The van der Waals surface area contributed by atoms with Crippen LogP contribution >= 0.6 is 23.2 Å². The largest absolute Gasteiger partial charge is 0.300 e. The van der Waals surface area contributed by atoms with Gasteiger partial charge in [0.15, 0.2) is 0 Å². The smallest absolute Gasteiger partial charge is 0.136 e. The highest BCUT2D eigenvalue weighted by molar-refractivity contribution is 6.26. The van der Waals surface area contributed by atoms with Gasteiger partial charge in [0.05, 0.1) is 0 Å². The van der Waals surface area contributed by atoms with E-state index in [1.165, 1.54) is 0 Å². The van der Waals surface area contributed by atoms with E-state index in [1.54, 1.807) is 0 Å². The van der Waals surface area contributed by atoms with Crippen molar-refractivity contribution in [3.63, 3.8) is 0 Å². The maximum atomic E-state index is 11.3. The summed E-state index contributed by atoms with van der Waals surface area (Å²) in [6.45, 7) is 7.31. The van der Waals surface area contributed by atoms with Gasteiger partial charge in [-0.25, -0.2) is 0 Å². The molecule has 1 nitrogen and oxygen atoms in total. The highest BCUT2D eigenvalue weighted by atomic mass is 35.5. The standard InChI is InChI=1S/C9H16Cl2O/c1-8(2,10)5-7(12)6-9(3,4)11/h5-6H2,1-4H3. The number of carbonyl (C=O) groups excluding carboxylic acids is 1. The van der Waals surface area contributed by atoms with Crippen molar-refractivity contribution >= 4 is 29.0 Å². The Bertz CT molecular complexity index is 144. The maximum Gasteiger partial charge on any atom is 0.136 e. The lowest BCUT2D eigenvalue weighted by Crippen LogP contribution is -2.22. The first kappa shape index (κ1) is 12.2. The zero-order chi connectivity index (χ0) is 9.99. The van der Waals surface area contributed by atoms with Gasteiger partial charge >= 0.3 is 0 Å². The number of ketones is 1. The number of alkyl halides is 2. The van der Waals surface area contributed by atoms with E-state index >= 15 is 0 Å². The zero-order valence-corrected chi connectivity index (χ0v) is 9.59. The molecule has 0 unspecified atom stereocenters. The summed E-state index contributed by atoms with van der Waals surface area (Å²) in [5.41, 5.74) is 0. The monoisotopic (exact) mass is 210 g/mol. The molecule has 0 spiro atoms. The molecule has 0 N–H and O–H groups in total. The SMILES string of the molecule is CC(C)(Cl)CC(=O)CC(C)(C)Cl. The van der Waals surface area contributed by atoms with Crippen LogP contribution in [0.1, 0.15) is 40.5 Å². The molecule has 0 aliphatic heterocycles. The lowest BCUT2D eigenvalue weighted by atomic mass is 9.99. The number of rotatable bonds is 4. The molecule has 0 rings (SSSR count). The van der Waals surface area contributed by atoms with Crippen molar-refractivity contribution in [2.45, 2.75) is 50.3 Å². The summed E-state index contributed by atoms with van der Waals surface area (Å²) in [7, 11) is 0. The molecular weight excluding hydrogens is 195 g/mol. The minimum atomic E-state index is -0.445. The van der Waals surface area contributed by atoms with Crippen LogP contribution in [0.5, 0.6) is 0 Å². The Morgan fingerprint density at radius 3 is 1.42 bits per heavy atom. The Balaban J connectivity index is 3.92. The Labute approximate surface area is 84.4 Å². The van der Waals surface area contributed by atoms with Crippen molar-refractivity contribution < 1.29 is 4.79 Å². The van der Waals surface area contributed by atoms with Crippen molar-refractivity contribution in [3.05, 3.63) is 0 Å². The van der Waals surface area contributed by atoms with Gasteiger partial charge in [-0.15, -0.1) is 23.2 Å². The third-order valence-electron chi connectivity index (χ3n) is 1.24. The fourth-order valence-corrected chi connectivity index (χ4v) is 1.30. The molecule has 0 amide bonds. The molecule has 0 aromatic heterocycles. The topological polar surface area (TPSA) is 17.1 Å². The molecule has 72 valence electrons. The average Bonchev–Trinajstić information content (AvgIpc) is 1.49. The average molecular weight is 211 g/mol. The molecule has 0 radical (unpaired) electrons. The van der Waals surface area contributed by atoms with Crippen LogP contribution in [0.4, 0.5) is 0 Å². The van der Waals surface area contributed by atoms with Crippen LogP contribution in [0.3, 0.4) is 0 Å². The van der Waals surface area contributed by atoms with Crippen molar-refractivity contribution in [2.24, 2.45) is 0 Å². The lowest BCUT2D eigenvalue weighted by molar-refractivity contribution is -0.119. The summed E-state index contributed by atoms with van der Waals surface area (Å²) in [5, 5.41) is 0. The summed E-state index contributed by atoms with van der Waals surface area (Å²) in [5.74, 6) is 0.120. The molecule has 3 heteroatoms. The minimum Gasteiger partial charge on any atom is -0.300 e. The van der Waals surface area contributed by atoms with E-state index in [0.717, 1.165) is 0 Å². The van der Waals surface area contributed by atoms with Crippen molar-refractivity contribution in [1.29, 1.82) is 0 Å². The molecule has 0 atom stereocenters. The molecule has 0 aliphatic rings. The van der Waals surface area contributed by atoms with Crippen LogP contribution in [0.2, 0.25) is 0 Å². The summed E-state index contributed by atoms with van der Waals surface area (Å²) < 4.78 is 0. The highest BCUT2D eigenvalue weighted by Gasteiger charge is 2.23. The Kier molecular flexibility index (Phi) is 4.05. The van der Waals surface area contributed by atoms with Gasteiger partial charge in [0, 0.05) is 22.6 Å². The molecule has 0 saturated carbocycles. The van der Waals surface area contributed by atoms with E-state index in [0.29, 0.717) is 12.8 Å².